The number of anilines is 2. The van der Waals surface area contributed by atoms with E-state index < -0.39 is 0 Å². The lowest BCUT2D eigenvalue weighted by Crippen LogP contribution is -2.32. The number of hydrogen-bond acceptors (Lipinski definition) is 3. The number of amides is 1. The van der Waals surface area contributed by atoms with E-state index >= 15 is 0 Å². The van der Waals surface area contributed by atoms with Gasteiger partial charge in [0.2, 0.25) is 0 Å². The Morgan fingerprint density at radius 3 is 2.06 bits per heavy atom. The van der Waals surface area contributed by atoms with Crippen molar-refractivity contribution in [2.75, 3.05) is 49.1 Å². The predicted molar refractivity (Wildman–Crippen MR) is 149 cm³/mol. The molecule has 1 fully saturated rings. The third-order valence-electron chi connectivity index (χ3n) is 7.72. The monoisotopic (exact) mass is 475 g/mol. The van der Waals surface area contributed by atoms with Crippen molar-refractivity contribution < 1.29 is 4.79 Å². The van der Waals surface area contributed by atoms with Crippen molar-refractivity contribution in [1.82, 2.24) is 4.90 Å². The first kappa shape index (κ1) is 22.8. The number of benzene rings is 4. The summed E-state index contributed by atoms with van der Waals surface area (Å²) < 4.78 is 0. The first-order chi connectivity index (χ1) is 17.8. The average molecular weight is 476 g/mol. The molecule has 36 heavy (non-hydrogen) atoms. The molecule has 0 aliphatic carbocycles. The molecule has 0 bridgehead atoms. The first-order valence-electron chi connectivity index (χ1n) is 13.2. The molecule has 0 spiro atoms. The Bertz CT molecular complexity index is 1350. The van der Waals surface area contributed by atoms with Crippen LogP contribution in [-0.4, -0.2) is 50.1 Å². The Morgan fingerprint density at radius 2 is 1.31 bits per heavy atom. The Hall–Kier alpha value is -3.63. The summed E-state index contributed by atoms with van der Waals surface area (Å²) in [5, 5.41) is 2.33. The second kappa shape index (κ2) is 10.2. The molecule has 0 N–H and O–H groups in total. The summed E-state index contributed by atoms with van der Waals surface area (Å²) in [5.41, 5.74) is 5.84. The molecule has 4 nitrogen and oxygen atoms in total. The standard InChI is InChI=1S/C32H33N3O/c36-32-28-14-7-13-27-29(15-16-30(31(27)28)35(32)22-18-26-11-5-2-6-12-26)34-20-8-19-33(23-24-34)21-17-25-9-3-1-4-10-25/h1-7,9-16H,8,17-24H2. The molecular formula is C32H33N3O. The largest absolute Gasteiger partial charge is 0.370 e. The van der Waals surface area contributed by atoms with Crippen LogP contribution >= 0.6 is 0 Å². The molecule has 4 aromatic carbocycles. The zero-order chi connectivity index (χ0) is 24.3. The van der Waals surface area contributed by atoms with Crippen LogP contribution in [0.4, 0.5) is 11.4 Å². The Balaban J connectivity index is 1.20. The van der Waals surface area contributed by atoms with E-state index in [1.54, 1.807) is 0 Å². The highest BCUT2D eigenvalue weighted by molar-refractivity contribution is 6.26. The first-order valence-corrected chi connectivity index (χ1v) is 13.2. The second-order valence-electron chi connectivity index (χ2n) is 9.94. The zero-order valence-corrected chi connectivity index (χ0v) is 20.8. The Labute approximate surface area is 213 Å². The quantitative estimate of drug-likeness (QED) is 0.338. The molecule has 2 aliphatic heterocycles. The van der Waals surface area contributed by atoms with Gasteiger partial charge in [-0.3, -0.25) is 4.79 Å². The molecule has 0 unspecified atom stereocenters. The maximum Gasteiger partial charge on any atom is 0.259 e. The highest BCUT2D eigenvalue weighted by atomic mass is 16.2. The zero-order valence-electron chi connectivity index (χ0n) is 20.8. The highest BCUT2D eigenvalue weighted by Gasteiger charge is 2.31. The smallest absolute Gasteiger partial charge is 0.259 e. The van der Waals surface area contributed by atoms with Gasteiger partial charge in [-0.05, 0) is 55.1 Å². The predicted octanol–water partition coefficient (Wildman–Crippen LogP) is 5.80. The van der Waals surface area contributed by atoms with Gasteiger partial charge in [0.05, 0.1) is 5.69 Å². The van der Waals surface area contributed by atoms with Crippen LogP contribution in [0.25, 0.3) is 10.8 Å². The van der Waals surface area contributed by atoms with E-state index in [1.165, 1.54) is 22.2 Å². The van der Waals surface area contributed by atoms with Crippen LogP contribution in [0.3, 0.4) is 0 Å². The highest BCUT2D eigenvalue weighted by Crippen LogP contribution is 2.42. The third kappa shape index (κ3) is 4.49. The van der Waals surface area contributed by atoms with Gasteiger partial charge in [-0.25, -0.2) is 0 Å². The SMILES string of the molecule is O=C1c2cccc3c(N4CCCN(CCc5ccccc5)CC4)ccc(c23)N1CCc1ccccc1. The second-order valence-corrected chi connectivity index (χ2v) is 9.94. The lowest BCUT2D eigenvalue weighted by molar-refractivity contribution is 0.0993. The molecule has 2 aliphatic rings. The van der Waals surface area contributed by atoms with Crippen molar-refractivity contribution >= 4 is 28.1 Å². The number of carbonyl (C=O) groups is 1. The van der Waals surface area contributed by atoms with Gasteiger partial charge in [-0.1, -0.05) is 72.8 Å². The summed E-state index contributed by atoms with van der Waals surface area (Å²) in [4.78, 5) is 20.5. The van der Waals surface area contributed by atoms with Gasteiger partial charge in [0, 0.05) is 54.7 Å². The van der Waals surface area contributed by atoms with E-state index in [1.807, 2.05) is 23.1 Å². The van der Waals surface area contributed by atoms with Gasteiger partial charge in [0.15, 0.2) is 0 Å². The molecule has 0 radical (unpaired) electrons. The van der Waals surface area contributed by atoms with Gasteiger partial charge >= 0.3 is 0 Å². The fourth-order valence-corrected chi connectivity index (χ4v) is 5.78. The maximum atomic E-state index is 13.4. The summed E-state index contributed by atoms with van der Waals surface area (Å²) >= 11 is 0. The Kier molecular flexibility index (Phi) is 6.44. The Morgan fingerprint density at radius 1 is 0.611 bits per heavy atom. The summed E-state index contributed by atoms with van der Waals surface area (Å²) in [6, 6.07) is 31.9. The normalized spacial score (nSPS) is 16.1. The number of rotatable bonds is 7. The molecule has 1 amide bonds. The van der Waals surface area contributed by atoms with Crippen LogP contribution in [0.5, 0.6) is 0 Å². The van der Waals surface area contributed by atoms with Crippen molar-refractivity contribution in [3.05, 3.63) is 108 Å². The van der Waals surface area contributed by atoms with Gasteiger partial charge in [-0.2, -0.15) is 0 Å². The van der Waals surface area contributed by atoms with Crippen LogP contribution in [0.1, 0.15) is 27.9 Å². The lowest BCUT2D eigenvalue weighted by Gasteiger charge is -2.26. The van der Waals surface area contributed by atoms with Crippen molar-refractivity contribution in [3.8, 4) is 0 Å². The summed E-state index contributed by atoms with van der Waals surface area (Å²) in [7, 11) is 0. The van der Waals surface area contributed by atoms with E-state index in [2.05, 4.69) is 82.6 Å². The molecule has 0 aromatic heterocycles. The number of hydrogen-bond donors (Lipinski definition) is 0. The van der Waals surface area contributed by atoms with Crippen molar-refractivity contribution in [2.45, 2.75) is 19.3 Å². The molecule has 2 heterocycles. The molecular weight excluding hydrogens is 442 g/mol. The summed E-state index contributed by atoms with van der Waals surface area (Å²) in [5.74, 6) is 0.131. The van der Waals surface area contributed by atoms with E-state index in [-0.39, 0.29) is 5.91 Å². The lowest BCUT2D eigenvalue weighted by atomic mass is 10.0. The molecule has 0 atom stereocenters. The van der Waals surface area contributed by atoms with Gasteiger partial charge in [0.25, 0.3) is 5.91 Å². The number of carbonyl (C=O) groups excluding carboxylic acids is 1. The van der Waals surface area contributed by atoms with Gasteiger partial charge in [0.1, 0.15) is 0 Å². The van der Waals surface area contributed by atoms with Crippen molar-refractivity contribution in [1.29, 1.82) is 0 Å². The summed E-state index contributed by atoms with van der Waals surface area (Å²) in [6.07, 6.45) is 3.11. The van der Waals surface area contributed by atoms with E-state index in [0.29, 0.717) is 6.54 Å². The van der Waals surface area contributed by atoms with E-state index in [4.69, 9.17) is 0 Å². The van der Waals surface area contributed by atoms with Crippen LogP contribution in [0.2, 0.25) is 0 Å². The van der Waals surface area contributed by atoms with E-state index in [9.17, 15) is 4.79 Å². The minimum Gasteiger partial charge on any atom is -0.370 e. The average Bonchev–Trinajstić information content (AvgIpc) is 3.06. The topological polar surface area (TPSA) is 26.8 Å². The van der Waals surface area contributed by atoms with Gasteiger partial charge < -0.3 is 14.7 Å². The van der Waals surface area contributed by atoms with Crippen molar-refractivity contribution in [3.63, 3.8) is 0 Å². The van der Waals surface area contributed by atoms with E-state index in [0.717, 1.165) is 68.6 Å². The molecule has 0 saturated carbocycles. The molecule has 1 saturated heterocycles. The van der Waals surface area contributed by atoms with Crippen molar-refractivity contribution in [2.24, 2.45) is 0 Å². The molecule has 182 valence electrons. The van der Waals surface area contributed by atoms with Crippen LogP contribution < -0.4 is 9.80 Å². The van der Waals surface area contributed by atoms with Crippen LogP contribution in [-0.2, 0) is 12.8 Å². The third-order valence-corrected chi connectivity index (χ3v) is 7.72. The number of nitrogens with zero attached hydrogens (tertiary/aromatic N) is 3. The maximum absolute atomic E-state index is 13.4. The fraction of sp³-hybridized carbons (Fsp3) is 0.281. The van der Waals surface area contributed by atoms with Crippen LogP contribution in [0, 0.1) is 0 Å². The van der Waals surface area contributed by atoms with Crippen LogP contribution in [0.15, 0.2) is 91.0 Å². The molecule has 6 rings (SSSR count). The van der Waals surface area contributed by atoms with Gasteiger partial charge in [-0.15, -0.1) is 0 Å². The fourth-order valence-electron chi connectivity index (χ4n) is 5.78. The minimum atomic E-state index is 0.131. The molecule has 4 aromatic rings. The minimum absolute atomic E-state index is 0.131. The molecule has 4 heteroatoms. The summed E-state index contributed by atoms with van der Waals surface area (Å²) in [6.45, 7) is 6.07.